The van der Waals surface area contributed by atoms with Gasteiger partial charge in [0.05, 0.1) is 0 Å². The lowest BCUT2D eigenvalue weighted by atomic mass is 9.81. The molecule has 10 heteroatoms. The number of benzene rings is 2. The maximum atomic E-state index is 13.0. The van der Waals surface area contributed by atoms with Crippen LogP contribution in [0.4, 0.5) is 0 Å². The number of Topliss-reactive ketones (excluding diaryl/α,β-unsaturated/α-hetero) is 4. The predicted molar refractivity (Wildman–Crippen MR) is 108 cm³/mol. The van der Waals surface area contributed by atoms with E-state index >= 15 is 0 Å². The summed E-state index contributed by atoms with van der Waals surface area (Å²) >= 11 is 11.6. The van der Waals surface area contributed by atoms with Crippen LogP contribution < -0.4 is 0 Å². The Hall–Kier alpha value is -3.36. The highest BCUT2D eigenvalue weighted by Gasteiger charge is 2.60. The van der Waals surface area contributed by atoms with E-state index in [-0.39, 0.29) is 11.1 Å². The fourth-order valence-corrected chi connectivity index (χ4v) is 3.94. The van der Waals surface area contributed by atoms with Crippen molar-refractivity contribution in [1.29, 1.82) is 0 Å². The lowest BCUT2D eigenvalue weighted by Crippen LogP contribution is -2.44. The van der Waals surface area contributed by atoms with Crippen molar-refractivity contribution in [2.75, 3.05) is 0 Å². The molecule has 4 rings (SSSR count). The summed E-state index contributed by atoms with van der Waals surface area (Å²) < 4.78 is 10.1. The number of ether oxygens (including phenoxy) is 2. The third-order valence-electron chi connectivity index (χ3n) is 5.26. The average molecular weight is 475 g/mol. The van der Waals surface area contributed by atoms with Crippen molar-refractivity contribution in [3.05, 3.63) is 69.7 Å². The number of hydrogen-bond acceptors (Lipinski definition) is 8. The molecule has 0 bridgehead atoms. The highest BCUT2D eigenvalue weighted by molar-refractivity contribution is 6.43. The molecule has 2 saturated heterocycles. The van der Waals surface area contributed by atoms with Crippen LogP contribution in [0.25, 0.3) is 0 Å². The van der Waals surface area contributed by atoms with Crippen molar-refractivity contribution in [3.63, 3.8) is 0 Å². The zero-order chi connectivity index (χ0) is 23.2. The molecule has 2 heterocycles. The molecule has 0 aliphatic carbocycles. The van der Waals surface area contributed by atoms with Gasteiger partial charge in [-0.15, -0.1) is 0 Å². The van der Waals surface area contributed by atoms with Gasteiger partial charge in [0.25, 0.3) is 11.6 Å². The number of esters is 2. The van der Waals surface area contributed by atoms with E-state index in [1.165, 1.54) is 48.5 Å². The minimum absolute atomic E-state index is 0.0484. The van der Waals surface area contributed by atoms with Gasteiger partial charge in [-0.05, 0) is 48.5 Å². The number of halogens is 2. The van der Waals surface area contributed by atoms with Gasteiger partial charge in [-0.25, -0.2) is 9.59 Å². The van der Waals surface area contributed by atoms with E-state index in [9.17, 15) is 28.8 Å². The van der Waals surface area contributed by atoms with Gasteiger partial charge in [0.1, 0.15) is 11.8 Å². The third kappa shape index (κ3) is 3.72. The van der Waals surface area contributed by atoms with Crippen LogP contribution in [-0.4, -0.2) is 47.3 Å². The van der Waals surface area contributed by atoms with Crippen LogP contribution in [0.1, 0.15) is 20.7 Å². The Bertz CT molecular complexity index is 1080. The molecule has 0 radical (unpaired) electrons. The standard InChI is InChI=1S/C22H12Cl2O8/c23-11-5-1-9(2-6-11)15(25)13-17(27)21(29)31-19(13)20-14(18(28)22(30)32-20)16(26)10-3-7-12(24)8-4-10/h1-8,13-14,19-20H/t13-,14-,19+,20+/m1/s1. The Morgan fingerprint density at radius 3 is 1.22 bits per heavy atom. The largest absolute Gasteiger partial charge is 0.451 e. The second kappa shape index (κ2) is 8.29. The average Bonchev–Trinajstić information content (AvgIpc) is 3.23. The Labute approximate surface area is 190 Å². The summed E-state index contributed by atoms with van der Waals surface area (Å²) in [5.74, 6) is -9.97. The maximum absolute atomic E-state index is 13.0. The van der Waals surface area contributed by atoms with E-state index in [0.717, 1.165) is 0 Å². The number of cyclic esters (lactones) is 2. The molecule has 2 fully saturated rings. The van der Waals surface area contributed by atoms with Gasteiger partial charge >= 0.3 is 11.9 Å². The quantitative estimate of drug-likeness (QED) is 0.280. The molecular weight excluding hydrogens is 463 g/mol. The molecule has 0 spiro atoms. The van der Waals surface area contributed by atoms with Crippen molar-refractivity contribution in [3.8, 4) is 0 Å². The zero-order valence-corrected chi connectivity index (χ0v) is 17.5. The zero-order valence-electron chi connectivity index (χ0n) is 16.0. The summed E-state index contributed by atoms with van der Waals surface area (Å²) in [5.41, 5.74) is 0.0968. The topological polar surface area (TPSA) is 121 Å². The molecule has 32 heavy (non-hydrogen) atoms. The van der Waals surface area contributed by atoms with Crippen LogP contribution in [0.2, 0.25) is 10.0 Å². The summed E-state index contributed by atoms with van der Waals surface area (Å²) in [6.07, 6.45) is -3.29. The monoisotopic (exact) mass is 474 g/mol. The predicted octanol–water partition coefficient (Wildman–Crippen LogP) is 2.28. The summed E-state index contributed by atoms with van der Waals surface area (Å²) in [6.45, 7) is 0. The summed E-state index contributed by atoms with van der Waals surface area (Å²) in [7, 11) is 0. The first-order valence-corrected chi connectivity index (χ1v) is 10.0. The maximum Gasteiger partial charge on any atom is 0.376 e. The lowest BCUT2D eigenvalue weighted by molar-refractivity contribution is -0.157. The first-order valence-electron chi connectivity index (χ1n) is 9.28. The van der Waals surface area contributed by atoms with E-state index in [1.807, 2.05) is 0 Å². The van der Waals surface area contributed by atoms with E-state index in [4.69, 9.17) is 32.7 Å². The van der Waals surface area contributed by atoms with E-state index in [2.05, 4.69) is 0 Å². The molecule has 2 aliphatic heterocycles. The number of carbonyl (C=O) groups excluding carboxylic acids is 6. The molecule has 2 aliphatic rings. The normalized spacial score (nSPS) is 24.9. The first kappa shape index (κ1) is 21.9. The van der Waals surface area contributed by atoms with Gasteiger partial charge in [0, 0.05) is 21.2 Å². The van der Waals surface area contributed by atoms with Crippen molar-refractivity contribution >= 4 is 58.3 Å². The number of hydrogen-bond donors (Lipinski definition) is 0. The van der Waals surface area contributed by atoms with Crippen LogP contribution in [0.5, 0.6) is 0 Å². The summed E-state index contributed by atoms with van der Waals surface area (Å²) in [5, 5.41) is 0.680. The molecule has 0 N–H and O–H groups in total. The van der Waals surface area contributed by atoms with Crippen molar-refractivity contribution in [1.82, 2.24) is 0 Å². The lowest BCUT2D eigenvalue weighted by Gasteiger charge is -2.24. The molecule has 0 unspecified atom stereocenters. The summed E-state index contributed by atoms with van der Waals surface area (Å²) in [6, 6.07) is 11.0. The number of ketones is 4. The molecule has 2 aromatic rings. The highest BCUT2D eigenvalue weighted by atomic mass is 35.5. The highest BCUT2D eigenvalue weighted by Crippen LogP contribution is 2.35. The summed E-state index contributed by atoms with van der Waals surface area (Å²) in [4.78, 5) is 75.0. The molecular formula is C22H12Cl2O8. The molecule has 4 atom stereocenters. The second-order valence-corrected chi connectivity index (χ2v) is 8.04. The Kier molecular flexibility index (Phi) is 5.66. The van der Waals surface area contributed by atoms with Gasteiger partial charge in [0.15, 0.2) is 23.8 Å². The minimum Gasteiger partial charge on any atom is -0.451 e. The van der Waals surface area contributed by atoms with Crippen LogP contribution in [0, 0.1) is 11.8 Å². The van der Waals surface area contributed by atoms with Crippen LogP contribution in [0.3, 0.4) is 0 Å². The van der Waals surface area contributed by atoms with Crippen LogP contribution in [0.15, 0.2) is 48.5 Å². The van der Waals surface area contributed by atoms with E-state index < -0.39 is 59.1 Å². The Morgan fingerprint density at radius 2 is 0.906 bits per heavy atom. The smallest absolute Gasteiger partial charge is 0.376 e. The first-order chi connectivity index (χ1) is 15.2. The number of carbonyl (C=O) groups is 6. The number of rotatable bonds is 5. The molecule has 0 saturated carbocycles. The van der Waals surface area contributed by atoms with Crippen molar-refractivity contribution < 1.29 is 38.2 Å². The Morgan fingerprint density at radius 1 is 0.594 bits per heavy atom. The molecule has 162 valence electrons. The van der Waals surface area contributed by atoms with Gasteiger partial charge in [-0.2, -0.15) is 0 Å². The fraction of sp³-hybridized carbons (Fsp3) is 0.182. The van der Waals surface area contributed by atoms with E-state index in [1.54, 1.807) is 0 Å². The second-order valence-electron chi connectivity index (χ2n) is 7.17. The SMILES string of the molecule is O=C1O[C@H]([C@H]2OC(=O)C(=O)[C@H]2C(=O)c2ccc(Cl)cc2)[C@H](C(=O)c2ccc(Cl)cc2)C1=O. The van der Waals surface area contributed by atoms with E-state index in [0.29, 0.717) is 10.0 Å². The van der Waals surface area contributed by atoms with Crippen LogP contribution in [-0.2, 0) is 28.7 Å². The Balaban J connectivity index is 1.71. The minimum atomic E-state index is -1.70. The third-order valence-corrected chi connectivity index (χ3v) is 5.76. The van der Waals surface area contributed by atoms with Crippen molar-refractivity contribution in [2.45, 2.75) is 12.2 Å². The molecule has 8 nitrogen and oxygen atoms in total. The van der Waals surface area contributed by atoms with Crippen molar-refractivity contribution in [2.24, 2.45) is 11.8 Å². The van der Waals surface area contributed by atoms with Gasteiger partial charge < -0.3 is 9.47 Å². The van der Waals surface area contributed by atoms with Gasteiger partial charge in [0.2, 0.25) is 0 Å². The molecule has 0 amide bonds. The van der Waals surface area contributed by atoms with Crippen LogP contribution >= 0.6 is 23.2 Å². The fourth-order valence-electron chi connectivity index (χ4n) is 3.69. The van der Waals surface area contributed by atoms with Gasteiger partial charge in [-0.3, -0.25) is 19.2 Å². The molecule has 2 aromatic carbocycles. The molecule has 0 aromatic heterocycles. The van der Waals surface area contributed by atoms with Gasteiger partial charge in [-0.1, -0.05) is 23.2 Å².